The largest absolute Gasteiger partial charge is 0.363 e. The molecule has 118 valence electrons. The molecule has 3 atom stereocenters. The standard InChI is InChI=1S/C18H23IN2S/c1-18(2,3)16-10-22-9-11-6-12(19)7-13-14-8-20-5-4-15(14)21(16)17(11)13/h6-8,14-16H,4-5,9-10H2,1-3H3/t14-,15+,16?/m1/s1. The molecule has 3 heterocycles. The highest BCUT2D eigenvalue weighted by Gasteiger charge is 2.46. The summed E-state index contributed by atoms with van der Waals surface area (Å²) in [4.78, 5) is 7.42. The van der Waals surface area contributed by atoms with Crippen molar-refractivity contribution < 1.29 is 0 Å². The molecule has 0 radical (unpaired) electrons. The Bertz CT molecular complexity index is 635. The molecule has 0 saturated heterocycles. The van der Waals surface area contributed by atoms with E-state index < -0.39 is 0 Å². The smallest absolute Gasteiger partial charge is 0.0453 e. The van der Waals surface area contributed by atoms with Crippen LogP contribution in [0.2, 0.25) is 0 Å². The first-order valence-electron chi connectivity index (χ1n) is 8.15. The first-order chi connectivity index (χ1) is 10.5. The van der Waals surface area contributed by atoms with Crippen molar-refractivity contribution in [3.05, 3.63) is 26.8 Å². The van der Waals surface area contributed by atoms with Gasteiger partial charge < -0.3 is 4.90 Å². The van der Waals surface area contributed by atoms with E-state index in [1.165, 1.54) is 21.3 Å². The highest BCUT2D eigenvalue weighted by molar-refractivity contribution is 14.1. The van der Waals surface area contributed by atoms with Crippen LogP contribution in [0.15, 0.2) is 17.1 Å². The molecule has 0 bridgehead atoms. The third kappa shape index (κ3) is 2.32. The van der Waals surface area contributed by atoms with Gasteiger partial charge in [0.15, 0.2) is 0 Å². The topological polar surface area (TPSA) is 15.6 Å². The van der Waals surface area contributed by atoms with E-state index in [9.17, 15) is 0 Å². The maximum absolute atomic E-state index is 4.62. The predicted octanol–water partition coefficient (Wildman–Crippen LogP) is 4.70. The van der Waals surface area contributed by atoms with Crippen molar-refractivity contribution in [3.63, 3.8) is 0 Å². The van der Waals surface area contributed by atoms with Crippen LogP contribution < -0.4 is 4.90 Å². The molecular weight excluding hydrogens is 403 g/mol. The average Bonchev–Trinajstić information content (AvgIpc) is 2.63. The Morgan fingerprint density at radius 3 is 2.91 bits per heavy atom. The Labute approximate surface area is 151 Å². The Morgan fingerprint density at radius 2 is 2.14 bits per heavy atom. The maximum atomic E-state index is 4.62. The second-order valence-electron chi connectivity index (χ2n) is 7.74. The summed E-state index contributed by atoms with van der Waals surface area (Å²) < 4.78 is 1.38. The Hall–Kier alpha value is -0.230. The van der Waals surface area contributed by atoms with Crippen molar-refractivity contribution >= 4 is 46.3 Å². The second-order valence-corrected chi connectivity index (χ2v) is 10.0. The van der Waals surface area contributed by atoms with Gasteiger partial charge in [0.25, 0.3) is 0 Å². The molecule has 0 N–H and O–H groups in total. The minimum atomic E-state index is 0.304. The maximum Gasteiger partial charge on any atom is 0.0453 e. The van der Waals surface area contributed by atoms with Crippen LogP contribution in [0.4, 0.5) is 5.69 Å². The molecule has 22 heavy (non-hydrogen) atoms. The van der Waals surface area contributed by atoms with Gasteiger partial charge in [0.2, 0.25) is 0 Å². The molecule has 1 aromatic rings. The number of aliphatic imine (C=N–C) groups is 1. The third-order valence-electron chi connectivity index (χ3n) is 5.26. The van der Waals surface area contributed by atoms with Gasteiger partial charge >= 0.3 is 0 Å². The van der Waals surface area contributed by atoms with Crippen molar-refractivity contribution in [3.8, 4) is 0 Å². The minimum absolute atomic E-state index is 0.304. The number of thioether (sulfide) groups is 1. The highest BCUT2D eigenvalue weighted by Crippen LogP contribution is 2.51. The van der Waals surface area contributed by atoms with Crippen LogP contribution in [0, 0.1) is 8.99 Å². The second kappa shape index (κ2) is 5.40. The monoisotopic (exact) mass is 426 g/mol. The number of rotatable bonds is 0. The first-order valence-corrected chi connectivity index (χ1v) is 10.4. The molecule has 0 spiro atoms. The van der Waals surface area contributed by atoms with Gasteiger partial charge in [0, 0.05) is 51.5 Å². The molecule has 3 aliphatic rings. The molecule has 0 amide bonds. The van der Waals surface area contributed by atoms with Crippen LogP contribution >= 0.6 is 34.4 Å². The summed E-state index contributed by atoms with van der Waals surface area (Å²) in [5.41, 5.74) is 4.93. The third-order valence-corrected chi connectivity index (χ3v) is 6.95. The first kappa shape index (κ1) is 15.3. The molecule has 1 unspecified atom stereocenters. The van der Waals surface area contributed by atoms with Gasteiger partial charge in [-0.1, -0.05) is 20.8 Å². The molecule has 0 aliphatic carbocycles. The number of halogens is 1. The van der Waals surface area contributed by atoms with Gasteiger partial charge in [0.05, 0.1) is 0 Å². The molecule has 0 aromatic heterocycles. The summed E-state index contributed by atoms with van der Waals surface area (Å²) in [7, 11) is 0. The lowest BCUT2D eigenvalue weighted by atomic mass is 9.85. The quantitative estimate of drug-likeness (QED) is 0.559. The number of hydrogen-bond acceptors (Lipinski definition) is 3. The van der Waals surface area contributed by atoms with E-state index in [1.54, 1.807) is 11.3 Å². The van der Waals surface area contributed by atoms with E-state index in [0.29, 0.717) is 23.4 Å². The lowest BCUT2D eigenvalue weighted by molar-refractivity contribution is 0.306. The van der Waals surface area contributed by atoms with Crippen molar-refractivity contribution in [2.24, 2.45) is 10.4 Å². The van der Waals surface area contributed by atoms with Crippen LogP contribution in [0.5, 0.6) is 0 Å². The van der Waals surface area contributed by atoms with Crippen LogP contribution in [-0.4, -0.2) is 30.6 Å². The lowest BCUT2D eigenvalue weighted by Crippen LogP contribution is -2.51. The van der Waals surface area contributed by atoms with Crippen molar-refractivity contribution in [2.45, 2.75) is 50.9 Å². The Balaban J connectivity index is 1.93. The van der Waals surface area contributed by atoms with E-state index in [-0.39, 0.29) is 0 Å². The molecular formula is C18H23IN2S. The number of hydrogen-bond donors (Lipinski definition) is 0. The lowest BCUT2D eigenvalue weighted by Gasteiger charge is -2.43. The summed E-state index contributed by atoms with van der Waals surface area (Å²) >= 11 is 4.59. The van der Waals surface area contributed by atoms with Crippen molar-refractivity contribution in [1.82, 2.24) is 0 Å². The molecule has 0 saturated carbocycles. The van der Waals surface area contributed by atoms with Gasteiger partial charge in [-0.2, -0.15) is 11.8 Å². The zero-order valence-corrected chi connectivity index (χ0v) is 16.4. The van der Waals surface area contributed by atoms with Crippen molar-refractivity contribution in [1.29, 1.82) is 0 Å². The Morgan fingerprint density at radius 1 is 1.32 bits per heavy atom. The summed E-state index contributed by atoms with van der Waals surface area (Å²) in [6.07, 6.45) is 3.43. The molecule has 4 rings (SSSR count). The summed E-state index contributed by atoms with van der Waals surface area (Å²) in [5.74, 6) is 2.89. The average molecular weight is 426 g/mol. The molecule has 4 heteroatoms. The van der Waals surface area contributed by atoms with Crippen LogP contribution in [0.1, 0.15) is 44.2 Å². The molecule has 0 fully saturated rings. The van der Waals surface area contributed by atoms with E-state index in [4.69, 9.17) is 0 Å². The van der Waals surface area contributed by atoms with E-state index in [2.05, 4.69) is 83.4 Å². The molecule has 3 aliphatic heterocycles. The summed E-state index contributed by atoms with van der Waals surface area (Å²) in [6.45, 7) is 8.20. The zero-order valence-electron chi connectivity index (χ0n) is 13.5. The number of benzene rings is 1. The van der Waals surface area contributed by atoms with Crippen molar-refractivity contribution in [2.75, 3.05) is 17.2 Å². The highest BCUT2D eigenvalue weighted by atomic mass is 127. The normalized spacial score (nSPS) is 30.0. The van der Waals surface area contributed by atoms with E-state index >= 15 is 0 Å². The van der Waals surface area contributed by atoms with Gasteiger partial charge in [0.1, 0.15) is 0 Å². The van der Waals surface area contributed by atoms with E-state index in [0.717, 1.165) is 12.3 Å². The minimum Gasteiger partial charge on any atom is -0.363 e. The number of anilines is 1. The van der Waals surface area contributed by atoms with Gasteiger partial charge in [-0.15, -0.1) is 0 Å². The van der Waals surface area contributed by atoms with E-state index in [1.807, 2.05) is 0 Å². The SMILES string of the molecule is CC(C)(C)C1CSCc2cc(I)cc3c2N1[C@H]1CCN=C[C@H]31. The molecule has 2 nitrogen and oxygen atoms in total. The summed E-state index contributed by atoms with van der Waals surface area (Å²) in [5, 5.41) is 0. The fraction of sp³-hybridized carbons (Fsp3) is 0.611. The number of nitrogens with zero attached hydrogens (tertiary/aromatic N) is 2. The number of fused-ring (bicyclic) bond motifs is 3. The van der Waals surface area contributed by atoms with Gasteiger partial charge in [-0.3, -0.25) is 4.99 Å². The van der Waals surface area contributed by atoms with Crippen LogP contribution in [0.25, 0.3) is 0 Å². The molecule has 1 aromatic carbocycles. The predicted molar refractivity (Wildman–Crippen MR) is 106 cm³/mol. The van der Waals surface area contributed by atoms with Gasteiger partial charge in [-0.05, 0) is 57.7 Å². The van der Waals surface area contributed by atoms with Crippen LogP contribution in [-0.2, 0) is 5.75 Å². The van der Waals surface area contributed by atoms with Crippen LogP contribution in [0.3, 0.4) is 0 Å². The fourth-order valence-electron chi connectivity index (χ4n) is 4.21. The Kier molecular flexibility index (Phi) is 3.76. The zero-order chi connectivity index (χ0) is 15.5. The fourth-order valence-corrected chi connectivity index (χ4v) is 6.37. The van der Waals surface area contributed by atoms with Gasteiger partial charge in [-0.25, -0.2) is 0 Å². The summed E-state index contributed by atoms with van der Waals surface area (Å²) in [6, 6.07) is 6.04.